The third-order valence-electron chi connectivity index (χ3n) is 3.84. The average molecular weight is 388 g/mol. The van der Waals surface area contributed by atoms with E-state index in [9.17, 15) is 4.79 Å². The number of benzene rings is 1. The Bertz CT molecular complexity index is 871. The van der Waals surface area contributed by atoms with Crippen LogP contribution in [0.25, 0.3) is 17.1 Å². The Morgan fingerprint density at radius 1 is 1.30 bits per heavy atom. The summed E-state index contributed by atoms with van der Waals surface area (Å²) in [5.41, 5.74) is 1.80. The van der Waals surface area contributed by atoms with Crippen LogP contribution in [0.15, 0.2) is 53.1 Å². The standard InChI is InChI=1S/C20H22ClN3O3/c1-14(2)26-12-4-10-22-20(25)17-13-18(19-5-3-11-27-19)24(23-17)16-8-6-15(21)7-9-16/h3,5-9,11,13-14H,4,10,12H2,1-2H3,(H,22,25). The summed E-state index contributed by atoms with van der Waals surface area (Å²) >= 11 is 5.97. The lowest BCUT2D eigenvalue weighted by Crippen LogP contribution is -2.26. The summed E-state index contributed by atoms with van der Waals surface area (Å²) in [5, 5.41) is 7.97. The third kappa shape index (κ3) is 4.99. The van der Waals surface area contributed by atoms with E-state index in [0.717, 1.165) is 12.1 Å². The molecule has 0 aliphatic carbocycles. The molecule has 0 spiro atoms. The van der Waals surface area contributed by atoms with Gasteiger partial charge in [0, 0.05) is 24.2 Å². The van der Waals surface area contributed by atoms with Crippen molar-refractivity contribution in [1.82, 2.24) is 15.1 Å². The maximum Gasteiger partial charge on any atom is 0.271 e. The number of carbonyl (C=O) groups is 1. The van der Waals surface area contributed by atoms with E-state index in [-0.39, 0.29) is 12.0 Å². The Hall–Kier alpha value is -2.57. The predicted molar refractivity (Wildman–Crippen MR) is 104 cm³/mol. The number of furan rings is 1. The van der Waals surface area contributed by atoms with Gasteiger partial charge in [0.15, 0.2) is 11.5 Å². The van der Waals surface area contributed by atoms with Crippen LogP contribution in [-0.4, -0.2) is 34.9 Å². The molecule has 142 valence electrons. The van der Waals surface area contributed by atoms with Gasteiger partial charge in [0.25, 0.3) is 5.91 Å². The molecule has 0 fully saturated rings. The number of amides is 1. The van der Waals surface area contributed by atoms with Gasteiger partial charge in [0.2, 0.25) is 0 Å². The second kappa shape index (κ2) is 8.88. The predicted octanol–water partition coefficient (Wildman–Crippen LogP) is 4.33. The normalized spacial score (nSPS) is 11.1. The monoisotopic (exact) mass is 387 g/mol. The molecule has 0 atom stereocenters. The minimum absolute atomic E-state index is 0.187. The topological polar surface area (TPSA) is 69.3 Å². The maximum absolute atomic E-state index is 12.5. The van der Waals surface area contributed by atoms with Crippen LogP contribution in [0.3, 0.4) is 0 Å². The van der Waals surface area contributed by atoms with Gasteiger partial charge < -0.3 is 14.5 Å². The van der Waals surface area contributed by atoms with Gasteiger partial charge >= 0.3 is 0 Å². The van der Waals surface area contributed by atoms with Crippen LogP contribution in [0.1, 0.15) is 30.8 Å². The second-order valence-corrected chi connectivity index (χ2v) is 6.75. The fourth-order valence-electron chi connectivity index (χ4n) is 2.55. The molecule has 0 unspecified atom stereocenters. The Kier molecular flexibility index (Phi) is 6.32. The van der Waals surface area contributed by atoms with E-state index in [4.69, 9.17) is 20.8 Å². The molecule has 0 saturated heterocycles. The Balaban J connectivity index is 1.77. The molecule has 27 heavy (non-hydrogen) atoms. The Labute approximate surface area is 163 Å². The van der Waals surface area contributed by atoms with Crippen molar-refractivity contribution in [3.8, 4) is 17.1 Å². The summed E-state index contributed by atoms with van der Waals surface area (Å²) in [7, 11) is 0. The minimum atomic E-state index is -0.236. The van der Waals surface area contributed by atoms with Crippen LogP contribution in [0.2, 0.25) is 5.02 Å². The van der Waals surface area contributed by atoms with Gasteiger partial charge in [-0.05, 0) is 56.7 Å². The van der Waals surface area contributed by atoms with E-state index in [0.29, 0.717) is 35.3 Å². The summed E-state index contributed by atoms with van der Waals surface area (Å²) in [6.45, 7) is 5.10. The van der Waals surface area contributed by atoms with Gasteiger partial charge in [-0.3, -0.25) is 4.79 Å². The highest BCUT2D eigenvalue weighted by Crippen LogP contribution is 2.25. The van der Waals surface area contributed by atoms with E-state index in [1.807, 2.05) is 32.0 Å². The second-order valence-electron chi connectivity index (χ2n) is 6.31. The zero-order chi connectivity index (χ0) is 19.2. The highest BCUT2D eigenvalue weighted by atomic mass is 35.5. The summed E-state index contributed by atoms with van der Waals surface area (Å²) in [6.07, 6.45) is 2.52. The quantitative estimate of drug-likeness (QED) is 0.584. The molecule has 2 heterocycles. The molecule has 1 aromatic carbocycles. The smallest absolute Gasteiger partial charge is 0.271 e. The van der Waals surface area contributed by atoms with Crippen molar-refractivity contribution >= 4 is 17.5 Å². The van der Waals surface area contributed by atoms with Gasteiger partial charge in [0.05, 0.1) is 18.1 Å². The molecule has 2 aromatic heterocycles. The first-order valence-corrected chi connectivity index (χ1v) is 9.22. The first-order valence-electron chi connectivity index (χ1n) is 8.84. The zero-order valence-corrected chi connectivity index (χ0v) is 16.1. The maximum atomic E-state index is 12.5. The average Bonchev–Trinajstić information content (AvgIpc) is 3.31. The number of nitrogens with zero attached hydrogens (tertiary/aromatic N) is 2. The molecule has 6 nitrogen and oxygen atoms in total. The molecular weight excluding hydrogens is 366 g/mol. The van der Waals surface area contributed by atoms with Crippen LogP contribution in [0, 0.1) is 0 Å². The van der Waals surface area contributed by atoms with Gasteiger partial charge in [0.1, 0.15) is 5.69 Å². The molecule has 0 aliphatic heterocycles. The summed E-state index contributed by atoms with van der Waals surface area (Å²) in [6, 6.07) is 12.6. The molecule has 7 heteroatoms. The zero-order valence-electron chi connectivity index (χ0n) is 15.3. The van der Waals surface area contributed by atoms with Crippen molar-refractivity contribution in [3.05, 3.63) is 59.4 Å². The summed E-state index contributed by atoms with van der Waals surface area (Å²) < 4.78 is 12.6. The van der Waals surface area contributed by atoms with Crippen LogP contribution in [-0.2, 0) is 4.74 Å². The Morgan fingerprint density at radius 3 is 2.74 bits per heavy atom. The summed E-state index contributed by atoms with van der Waals surface area (Å²) in [5.74, 6) is 0.391. The number of rotatable bonds is 8. The molecule has 1 amide bonds. The van der Waals surface area contributed by atoms with E-state index in [1.165, 1.54) is 0 Å². The van der Waals surface area contributed by atoms with E-state index in [2.05, 4.69) is 10.4 Å². The van der Waals surface area contributed by atoms with E-state index >= 15 is 0 Å². The van der Waals surface area contributed by atoms with Gasteiger partial charge in [-0.1, -0.05) is 11.6 Å². The molecule has 0 radical (unpaired) electrons. The molecule has 0 saturated carbocycles. The number of carbonyl (C=O) groups excluding carboxylic acids is 1. The van der Waals surface area contributed by atoms with Crippen LogP contribution < -0.4 is 5.32 Å². The number of hydrogen-bond acceptors (Lipinski definition) is 4. The number of aromatic nitrogens is 2. The molecule has 1 N–H and O–H groups in total. The Morgan fingerprint density at radius 2 is 2.07 bits per heavy atom. The number of halogens is 1. The minimum Gasteiger partial charge on any atom is -0.463 e. The van der Waals surface area contributed by atoms with Crippen LogP contribution in [0.4, 0.5) is 0 Å². The van der Waals surface area contributed by atoms with E-state index < -0.39 is 0 Å². The molecule has 0 aliphatic rings. The lowest BCUT2D eigenvalue weighted by Gasteiger charge is -2.07. The fourth-order valence-corrected chi connectivity index (χ4v) is 2.68. The van der Waals surface area contributed by atoms with Gasteiger partial charge in [-0.15, -0.1) is 0 Å². The first-order chi connectivity index (χ1) is 13.0. The summed E-state index contributed by atoms with van der Waals surface area (Å²) in [4.78, 5) is 12.5. The van der Waals surface area contributed by atoms with Gasteiger partial charge in [-0.25, -0.2) is 4.68 Å². The first kappa shape index (κ1) is 19.2. The molecule has 3 rings (SSSR count). The van der Waals surface area contributed by atoms with Crippen molar-refractivity contribution in [2.75, 3.05) is 13.2 Å². The van der Waals surface area contributed by atoms with Crippen molar-refractivity contribution in [3.63, 3.8) is 0 Å². The lowest BCUT2D eigenvalue weighted by atomic mass is 10.2. The largest absolute Gasteiger partial charge is 0.463 e. The van der Waals surface area contributed by atoms with Crippen molar-refractivity contribution in [2.45, 2.75) is 26.4 Å². The van der Waals surface area contributed by atoms with Gasteiger partial charge in [-0.2, -0.15) is 5.10 Å². The van der Waals surface area contributed by atoms with E-state index in [1.54, 1.807) is 35.2 Å². The highest BCUT2D eigenvalue weighted by molar-refractivity contribution is 6.30. The number of ether oxygens (including phenoxy) is 1. The van der Waals surface area contributed by atoms with Crippen LogP contribution >= 0.6 is 11.6 Å². The molecular formula is C20H22ClN3O3. The highest BCUT2D eigenvalue weighted by Gasteiger charge is 2.18. The van der Waals surface area contributed by atoms with Crippen molar-refractivity contribution in [1.29, 1.82) is 0 Å². The number of nitrogens with one attached hydrogen (secondary N) is 1. The van der Waals surface area contributed by atoms with Crippen LogP contribution in [0.5, 0.6) is 0 Å². The lowest BCUT2D eigenvalue weighted by molar-refractivity contribution is 0.0756. The molecule has 3 aromatic rings. The SMILES string of the molecule is CC(C)OCCCNC(=O)c1cc(-c2ccco2)n(-c2ccc(Cl)cc2)n1. The third-order valence-corrected chi connectivity index (χ3v) is 4.10. The van der Waals surface area contributed by atoms with Crippen molar-refractivity contribution < 1.29 is 13.9 Å². The fraction of sp³-hybridized carbons (Fsp3) is 0.300. The van der Waals surface area contributed by atoms with Crippen molar-refractivity contribution in [2.24, 2.45) is 0 Å². The number of hydrogen-bond donors (Lipinski definition) is 1. The molecule has 0 bridgehead atoms.